The maximum absolute atomic E-state index is 12.2. The second-order valence-corrected chi connectivity index (χ2v) is 6.13. The van der Waals surface area contributed by atoms with E-state index >= 15 is 0 Å². The zero-order chi connectivity index (χ0) is 15.6. The van der Waals surface area contributed by atoms with Crippen molar-refractivity contribution in [2.45, 2.75) is 18.4 Å². The smallest absolute Gasteiger partial charge is 0.339 e. The summed E-state index contributed by atoms with van der Waals surface area (Å²) in [4.78, 5) is 10.8. The molecular weight excluding hydrogens is 298 g/mol. The quantitative estimate of drug-likeness (QED) is 0.770. The fourth-order valence-electron chi connectivity index (χ4n) is 1.78. The van der Waals surface area contributed by atoms with Crippen molar-refractivity contribution < 1.29 is 27.8 Å². The van der Waals surface area contributed by atoms with Crippen molar-refractivity contribution in [1.29, 1.82) is 0 Å². The van der Waals surface area contributed by atoms with E-state index in [4.69, 9.17) is 9.52 Å². The highest BCUT2D eigenvalue weighted by molar-refractivity contribution is 7.89. The molecule has 8 heteroatoms. The Kier molecular flexibility index (Phi) is 4.01. The molecule has 1 aromatic carbocycles. The molecule has 0 amide bonds. The molecule has 1 heterocycles. The SMILES string of the molecule is Cc1cc(O)c(C(=O)O)cc1S(=O)(=O)NCc1ccoc1. The van der Waals surface area contributed by atoms with Crippen molar-refractivity contribution in [3.8, 4) is 5.75 Å². The van der Waals surface area contributed by atoms with Crippen LogP contribution in [0.1, 0.15) is 21.5 Å². The van der Waals surface area contributed by atoms with Gasteiger partial charge in [-0.15, -0.1) is 0 Å². The molecular formula is C13H13NO6S. The first-order valence-corrected chi connectivity index (χ1v) is 7.37. The van der Waals surface area contributed by atoms with Gasteiger partial charge in [0.1, 0.15) is 11.3 Å². The Bertz CT molecular complexity index is 764. The maximum Gasteiger partial charge on any atom is 0.339 e. The molecule has 21 heavy (non-hydrogen) atoms. The van der Waals surface area contributed by atoms with Crippen LogP contribution >= 0.6 is 0 Å². The molecule has 0 bridgehead atoms. The average molecular weight is 311 g/mol. The summed E-state index contributed by atoms with van der Waals surface area (Å²) in [5.74, 6) is -1.88. The zero-order valence-electron chi connectivity index (χ0n) is 11.0. The van der Waals surface area contributed by atoms with Gasteiger partial charge < -0.3 is 14.6 Å². The van der Waals surface area contributed by atoms with E-state index in [1.165, 1.54) is 19.5 Å². The highest BCUT2D eigenvalue weighted by Crippen LogP contribution is 2.25. The molecule has 0 aliphatic rings. The number of aromatic hydroxyl groups is 1. The van der Waals surface area contributed by atoms with Gasteiger partial charge in [-0.3, -0.25) is 0 Å². The number of benzene rings is 1. The third kappa shape index (κ3) is 3.23. The summed E-state index contributed by atoms with van der Waals surface area (Å²) in [6, 6.07) is 3.65. The van der Waals surface area contributed by atoms with Gasteiger partial charge in [-0.1, -0.05) is 0 Å². The number of aryl methyl sites for hydroxylation is 1. The summed E-state index contributed by atoms with van der Waals surface area (Å²) in [7, 11) is -3.91. The summed E-state index contributed by atoms with van der Waals surface area (Å²) in [5.41, 5.74) is 0.412. The van der Waals surface area contributed by atoms with E-state index in [1.54, 1.807) is 6.07 Å². The lowest BCUT2D eigenvalue weighted by molar-refractivity contribution is 0.0693. The molecule has 0 spiro atoms. The van der Waals surface area contributed by atoms with Gasteiger partial charge in [-0.2, -0.15) is 0 Å². The van der Waals surface area contributed by atoms with Crippen molar-refractivity contribution >= 4 is 16.0 Å². The first-order chi connectivity index (χ1) is 9.81. The molecule has 2 aromatic rings. The standard InChI is InChI=1S/C13H13NO6S/c1-8-4-11(15)10(13(16)17)5-12(8)21(18,19)14-6-9-2-3-20-7-9/h2-5,7,14-15H,6H2,1H3,(H,16,17). The zero-order valence-corrected chi connectivity index (χ0v) is 11.8. The Hall–Kier alpha value is -2.32. The molecule has 1 aromatic heterocycles. The van der Waals surface area contributed by atoms with Gasteiger partial charge >= 0.3 is 5.97 Å². The van der Waals surface area contributed by atoms with E-state index in [0.29, 0.717) is 5.56 Å². The number of carboxylic acid groups (broad SMARTS) is 1. The topological polar surface area (TPSA) is 117 Å². The Morgan fingerprint density at radius 1 is 1.38 bits per heavy atom. The molecule has 0 unspecified atom stereocenters. The lowest BCUT2D eigenvalue weighted by Crippen LogP contribution is -2.24. The number of rotatable bonds is 5. The van der Waals surface area contributed by atoms with Crippen molar-refractivity contribution in [1.82, 2.24) is 4.72 Å². The number of sulfonamides is 1. The van der Waals surface area contributed by atoms with Crippen LogP contribution in [0.2, 0.25) is 0 Å². The molecule has 0 saturated carbocycles. The van der Waals surface area contributed by atoms with E-state index in [9.17, 15) is 18.3 Å². The fraction of sp³-hybridized carbons (Fsp3) is 0.154. The van der Waals surface area contributed by atoms with Crippen molar-refractivity contribution in [3.05, 3.63) is 47.4 Å². The number of phenols is 1. The van der Waals surface area contributed by atoms with Crippen molar-refractivity contribution in [3.63, 3.8) is 0 Å². The predicted octanol–water partition coefficient (Wildman–Crippen LogP) is 1.47. The third-order valence-electron chi connectivity index (χ3n) is 2.86. The van der Waals surface area contributed by atoms with Crippen LogP contribution < -0.4 is 4.72 Å². The van der Waals surface area contributed by atoms with E-state index in [0.717, 1.165) is 12.1 Å². The molecule has 7 nitrogen and oxygen atoms in total. The molecule has 0 radical (unpaired) electrons. The number of carbonyl (C=O) groups is 1. The summed E-state index contributed by atoms with van der Waals surface area (Å²) < 4.78 is 31.6. The van der Waals surface area contributed by atoms with Gasteiger partial charge in [0.05, 0.1) is 17.4 Å². The second-order valence-electron chi connectivity index (χ2n) is 4.40. The number of nitrogens with one attached hydrogen (secondary N) is 1. The Balaban J connectivity index is 2.35. The third-order valence-corrected chi connectivity index (χ3v) is 4.40. The summed E-state index contributed by atoms with van der Waals surface area (Å²) in [5, 5.41) is 18.5. The van der Waals surface area contributed by atoms with E-state index in [1.807, 2.05) is 0 Å². The Labute approximate surface area is 120 Å². The van der Waals surface area contributed by atoms with Gasteiger partial charge in [0.25, 0.3) is 0 Å². The molecule has 0 atom stereocenters. The van der Waals surface area contributed by atoms with Gasteiger partial charge in [0.2, 0.25) is 10.0 Å². The van der Waals surface area contributed by atoms with E-state index in [-0.39, 0.29) is 17.0 Å². The molecule has 0 fully saturated rings. The van der Waals surface area contributed by atoms with Gasteiger partial charge in [0.15, 0.2) is 0 Å². The van der Waals surface area contributed by atoms with E-state index in [2.05, 4.69) is 4.72 Å². The van der Waals surface area contributed by atoms with Crippen molar-refractivity contribution in [2.24, 2.45) is 0 Å². The second kappa shape index (κ2) is 5.58. The lowest BCUT2D eigenvalue weighted by Gasteiger charge is -2.10. The first kappa shape index (κ1) is 15.1. The molecule has 0 aliphatic heterocycles. The normalized spacial score (nSPS) is 11.5. The van der Waals surface area contributed by atoms with E-state index < -0.39 is 27.3 Å². The number of furan rings is 1. The minimum absolute atomic E-state index is 0.0154. The first-order valence-electron chi connectivity index (χ1n) is 5.89. The van der Waals surface area contributed by atoms with Crippen LogP contribution in [0.3, 0.4) is 0 Å². The highest BCUT2D eigenvalue weighted by atomic mass is 32.2. The average Bonchev–Trinajstić information content (AvgIpc) is 2.88. The number of hydrogen-bond donors (Lipinski definition) is 3. The molecule has 112 valence electrons. The lowest BCUT2D eigenvalue weighted by atomic mass is 10.1. The Morgan fingerprint density at radius 2 is 2.10 bits per heavy atom. The molecule has 2 rings (SSSR count). The maximum atomic E-state index is 12.2. The summed E-state index contributed by atoms with van der Waals surface area (Å²) in [6.45, 7) is 1.49. The fourth-order valence-corrected chi connectivity index (χ4v) is 3.05. The number of hydrogen-bond acceptors (Lipinski definition) is 5. The van der Waals surface area contributed by atoms with Crippen LogP contribution in [0, 0.1) is 6.92 Å². The van der Waals surface area contributed by atoms with Gasteiger partial charge in [-0.05, 0) is 30.7 Å². The molecule has 0 aliphatic carbocycles. The van der Waals surface area contributed by atoms with Gasteiger partial charge in [0, 0.05) is 12.1 Å². The monoisotopic (exact) mass is 311 g/mol. The number of carboxylic acids is 1. The van der Waals surface area contributed by atoms with Crippen LogP contribution in [0.15, 0.2) is 40.0 Å². The van der Waals surface area contributed by atoms with Gasteiger partial charge in [-0.25, -0.2) is 17.9 Å². The van der Waals surface area contributed by atoms with Crippen LogP contribution in [0.25, 0.3) is 0 Å². The van der Waals surface area contributed by atoms with Crippen LogP contribution in [-0.4, -0.2) is 24.6 Å². The van der Waals surface area contributed by atoms with Crippen molar-refractivity contribution in [2.75, 3.05) is 0 Å². The summed E-state index contributed by atoms with van der Waals surface area (Å²) >= 11 is 0. The highest BCUT2D eigenvalue weighted by Gasteiger charge is 2.21. The van der Waals surface area contributed by atoms with Crippen LogP contribution in [0.5, 0.6) is 5.75 Å². The predicted molar refractivity (Wildman–Crippen MR) is 72.5 cm³/mol. The minimum Gasteiger partial charge on any atom is -0.507 e. The largest absolute Gasteiger partial charge is 0.507 e. The molecule has 0 saturated heterocycles. The van der Waals surface area contributed by atoms with Crippen LogP contribution in [0.4, 0.5) is 0 Å². The minimum atomic E-state index is -3.91. The Morgan fingerprint density at radius 3 is 2.67 bits per heavy atom. The number of aromatic carboxylic acids is 1. The summed E-state index contributed by atoms with van der Waals surface area (Å²) in [6.07, 6.45) is 2.81. The van der Waals surface area contributed by atoms with Crippen LogP contribution in [-0.2, 0) is 16.6 Å². The molecule has 3 N–H and O–H groups in total.